The van der Waals surface area contributed by atoms with Crippen LogP contribution in [0.4, 0.5) is 0 Å². The summed E-state index contributed by atoms with van der Waals surface area (Å²) in [6.07, 6.45) is 26.9. The zero-order valence-corrected chi connectivity index (χ0v) is 21.5. The number of ether oxygens (including phenoxy) is 1. The first-order valence-electron chi connectivity index (χ1n) is 11.8. The van der Waals surface area contributed by atoms with Crippen molar-refractivity contribution in [1.29, 1.82) is 0 Å². The molecule has 0 aromatic heterocycles. The van der Waals surface area contributed by atoms with Gasteiger partial charge in [-0.2, -0.15) is 0 Å². The van der Waals surface area contributed by atoms with Crippen LogP contribution in [0.25, 0.3) is 0 Å². The molecule has 0 fully saturated rings. The van der Waals surface area contributed by atoms with E-state index in [9.17, 15) is 14.7 Å². The van der Waals surface area contributed by atoms with Crippen LogP contribution >= 0.6 is 0 Å². The number of allylic oxidation sites excluding steroid dienone is 2. The third-order valence-corrected chi connectivity index (χ3v) is 5.11. The van der Waals surface area contributed by atoms with Crippen molar-refractivity contribution in [1.82, 2.24) is 0 Å². The van der Waals surface area contributed by atoms with Crippen LogP contribution in [-0.2, 0) is 14.3 Å². The van der Waals surface area contributed by atoms with Gasteiger partial charge in [-0.15, -0.1) is 6.58 Å². The summed E-state index contributed by atoms with van der Waals surface area (Å²) in [4.78, 5) is 21.4. The molecule has 0 aliphatic heterocycles. The average molecular weight is 431 g/mol. The maximum absolute atomic E-state index is 11.2. The minimum absolute atomic E-state index is 0. The van der Waals surface area contributed by atoms with E-state index >= 15 is 0 Å². The van der Waals surface area contributed by atoms with Gasteiger partial charge in [0.15, 0.2) is 0 Å². The molecule has 0 radical (unpaired) electrons. The van der Waals surface area contributed by atoms with E-state index < -0.39 is 11.9 Å². The predicted octanol–water partition coefficient (Wildman–Crippen LogP) is 3.40. The summed E-state index contributed by atoms with van der Waals surface area (Å²) in [5.41, 5.74) is 0. The molecule has 0 bridgehead atoms. The number of hydrogen-bond acceptors (Lipinski definition) is 4. The number of hydrogen-bond donors (Lipinski definition) is 0. The van der Waals surface area contributed by atoms with E-state index in [0.717, 1.165) is 12.8 Å². The van der Waals surface area contributed by atoms with Crippen LogP contribution in [-0.4, -0.2) is 11.9 Å². The van der Waals surface area contributed by atoms with Gasteiger partial charge < -0.3 is 14.6 Å². The van der Waals surface area contributed by atoms with E-state index in [-0.39, 0.29) is 42.4 Å². The van der Waals surface area contributed by atoms with Gasteiger partial charge in [0.1, 0.15) is 0 Å². The van der Waals surface area contributed by atoms with Crippen LogP contribution in [0.3, 0.4) is 0 Å². The largest absolute Gasteiger partial charge is 1.00 e. The first-order valence-corrected chi connectivity index (χ1v) is 11.8. The molecule has 168 valence electrons. The third-order valence-electron chi connectivity index (χ3n) is 5.11. The minimum Gasteiger partial charge on any atom is -0.550 e. The Bertz CT molecular complexity index is 435. The number of carboxylic acid groups (broad SMARTS) is 1. The fourth-order valence-corrected chi connectivity index (χ4v) is 3.30. The monoisotopic (exact) mass is 430 g/mol. The van der Waals surface area contributed by atoms with E-state index in [0.29, 0.717) is 0 Å². The van der Waals surface area contributed by atoms with Gasteiger partial charge in [-0.3, -0.25) is 4.79 Å². The second-order valence-corrected chi connectivity index (χ2v) is 7.90. The summed E-state index contributed by atoms with van der Waals surface area (Å²) in [6.45, 7) is 3.76. The van der Waals surface area contributed by atoms with Crippen LogP contribution in [0, 0.1) is 0 Å². The van der Waals surface area contributed by atoms with Crippen LogP contribution in [0.15, 0.2) is 25.0 Å². The van der Waals surface area contributed by atoms with E-state index in [2.05, 4.69) is 6.58 Å². The second-order valence-electron chi connectivity index (χ2n) is 7.90. The van der Waals surface area contributed by atoms with E-state index in [4.69, 9.17) is 4.74 Å². The molecular formula is C25H43NaO4. The van der Waals surface area contributed by atoms with Crippen molar-refractivity contribution in [2.45, 2.75) is 122 Å². The molecule has 0 spiro atoms. The predicted molar refractivity (Wildman–Crippen MR) is 118 cm³/mol. The standard InChI is InChI=1S/C25H44O4.Na/c1-2-3-4-5-6-7-8-9-10-11-12-13-14-15-16-17-18-19-20-23-29-25(28)22-21-24(26)27;/h2,20,23H,1,3-19,21-22H2,(H,26,27);/q;+1/p-1. The van der Waals surface area contributed by atoms with Crippen LogP contribution in [0.5, 0.6) is 0 Å². The van der Waals surface area contributed by atoms with Crippen molar-refractivity contribution in [3.05, 3.63) is 25.0 Å². The van der Waals surface area contributed by atoms with Crippen molar-refractivity contribution in [2.75, 3.05) is 0 Å². The Labute approximate surface area is 207 Å². The zero-order valence-electron chi connectivity index (χ0n) is 19.5. The van der Waals surface area contributed by atoms with Gasteiger partial charge in [0, 0.05) is 5.97 Å². The molecule has 0 heterocycles. The zero-order chi connectivity index (χ0) is 21.4. The number of aliphatic carboxylic acids is 1. The van der Waals surface area contributed by atoms with Crippen LogP contribution in [0.1, 0.15) is 122 Å². The molecule has 0 unspecified atom stereocenters. The van der Waals surface area contributed by atoms with Gasteiger partial charge in [0.05, 0.1) is 12.7 Å². The van der Waals surface area contributed by atoms with Crippen LogP contribution in [0.2, 0.25) is 0 Å². The normalized spacial score (nSPS) is 10.7. The first-order chi connectivity index (χ1) is 14.2. The summed E-state index contributed by atoms with van der Waals surface area (Å²) in [6, 6.07) is 0. The molecule has 0 amide bonds. The van der Waals surface area contributed by atoms with E-state index in [1.807, 2.05) is 12.2 Å². The van der Waals surface area contributed by atoms with Crippen molar-refractivity contribution < 1.29 is 49.0 Å². The molecule has 0 atom stereocenters. The van der Waals surface area contributed by atoms with E-state index in [1.165, 1.54) is 103 Å². The number of carboxylic acids is 1. The Morgan fingerprint density at radius 2 is 1.07 bits per heavy atom. The Morgan fingerprint density at radius 3 is 1.47 bits per heavy atom. The van der Waals surface area contributed by atoms with Gasteiger partial charge in [-0.05, 0) is 38.2 Å². The number of carbonyl (C=O) groups excluding carboxylic acids is 2. The van der Waals surface area contributed by atoms with Gasteiger partial charge in [-0.25, -0.2) is 0 Å². The number of unbranched alkanes of at least 4 members (excludes halogenated alkanes) is 16. The fraction of sp³-hybridized carbons (Fsp3) is 0.760. The van der Waals surface area contributed by atoms with Gasteiger partial charge >= 0.3 is 35.5 Å². The Kier molecular flexibility index (Phi) is 27.9. The van der Waals surface area contributed by atoms with Crippen molar-refractivity contribution in [3.8, 4) is 0 Å². The number of esters is 1. The summed E-state index contributed by atoms with van der Waals surface area (Å²) >= 11 is 0. The molecule has 0 aromatic carbocycles. The molecule has 4 nitrogen and oxygen atoms in total. The SMILES string of the molecule is C=CCCCCCCCCCCCCCCCCCC=COC(=O)CCC(=O)[O-].[Na+]. The fourth-order valence-electron chi connectivity index (χ4n) is 3.30. The molecule has 0 rings (SSSR count). The van der Waals surface area contributed by atoms with Crippen molar-refractivity contribution in [2.24, 2.45) is 0 Å². The third kappa shape index (κ3) is 27.4. The molecule has 0 saturated heterocycles. The summed E-state index contributed by atoms with van der Waals surface area (Å²) < 4.78 is 4.81. The molecule has 0 N–H and O–H groups in total. The maximum Gasteiger partial charge on any atom is 1.00 e. The molecule has 0 aliphatic carbocycles. The van der Waals surface area contributed by atoms with Gasteiger partial charge in [0.25, 0.3) is 0 Å². The van der Waals surface area contributed by atoms with E-state index in [1.54, 1.807) is 0 Å². The van der Waals surface area contributed by atoms with Crippen molar-refractivity contribution >= 4 is 11.9 Å². The molecule has 30 heavy (non-hydrogen) atoms. The Balaban J connectivity index is 0. The summed E-state index contributed by atoms with van der Waals surface area (Å²) in [5.74, 6) is -1.75. The molecular weight excluding hydrogens is 387 g/mol. The van der Waals surface area contributed by atoms with Crippen molar-refractivity contribution in [3.63, 3.8) is 0 Å². The Morgan fingerprint density at radius 1 is 0.667 bits per heavy atom. The second kappa shape index (κ2) is 26.5. The topological polar surface area (TPSA) is 66.4 Å². The first kappa shape index (κ1) is 31.6. The molecule has 0 aromatic rings. The molecule has 0 saturated carbocycles. The number of carbonyl (C=O) groups is 2. The summed E-state index contributed by atoms with van der Waals surface area (Å²) in [7, 11) is 0. The minimum atomic E-state index is -1.23. The van der Waals surface area contributed by atoms with Gasteiger partial charge in [0.2, 0.25) is 0 Å². The molecule has 0 aliphatic rings. The van der Waals surface area contributed by atoms with Crippen LogP contribution < -0.4 is 34.7 Å². The average Bonchev–Trinajstić information content (AvgIpc) is 2.70. The molecule has 5 heteroatoms. The quantitative estimate of drug-likeness (QED) is 0.0868. The number of rotatable bonds is 22. The summed E-state index contributed by atoms with van der Waals surface area (Å²) in [5, 5.41) is 10.2. The van der Waals surface area contributed by atoms with Gasteiger partial charge in [-0.1, -0.05) is 89.5 Å². The smallest absolute Gasteiger partial charge is 0.550 e. The maximum atomic E-state index is 11.2. The Hall–Kier alpha value is -0.580.